The zero-order chi connectivity index (χ0) is 42.1. The van der Waals surface area contributed by atoms with E-state index in [4.69, 9.17) is 9.97 Å². The summed E-state index contributed by atoms with van der Waals surface area (Å²) in [4.78, 5) is 10.1. The molecule has 298 valence electrons. The molecule has 0 spiro atoms. The third-order valence-electron chi connectivity index (χ3n) is 12.2. The van der Waals surface area contributed by atoms with Crippen molar-refractivity contribution in [1.82, 2.24) is 14.5 Å². The van der Waals surface area contributed by atoms with Gasteiger partial charge in [0.15, 0.2) is 5.82 Å². The summed E-state index contributed by atoms with van der Waals surface area (Å²) in [6.45, 7) is 2.24. The van der Waals surface area contributed by atoms with Crippen molar-refractivity contribution in [2.75, 3.05) is 0 Å². The number of hydrogen-bond donors (Lipinski definition) is 0. The van der Waals surface area contributed by atoms with Crippen LogP contribution in [0.25, 0.3) is 94.8 Å². The van der Waals surface area contributed by atoms with Crippen LogP contribution in [-0.2, 0) is 6.42 Å². The van der Waals surface area contributed by atoms with E-state index in [1.807, 2.05) is 24.3 Å². The maximum Gasteiger partial charge on any atom is 0.160 e. The van der Waals surface area contributed by atoms with Gasteiger partial charge < -0.3 is 4.57 Å². The van der Waals surface area contributed by atoms with Crippen molar-refractivity contribution in [3.8, 4) is 73.0 Å². The first-order chi connectivity index (χ1) is 31.1. The second-order valence-electron chi connectivity index (χ2n) is 16.2. The van der Waals surface area contributed by atoms with Crippen molar-refractivity contribution < 1.29 is 0 Å². The topological polar surface area (TPSA) is 30.7 Å². The lowest BCUT2D eigenvalue weighted by Crippen LogP contribution is -1.97. The monoisotopic (exact) mass is 805 g/mol. The Balaban J connectivity index is 0.988. The summed E-state index contributed by atoms with van der Waals surface area (Å²) >= 11 is 0. The van der Waals surface area contributed by atoms with Gasteiger partial charge in [-0.05, 0) is 93.7 Å². The number of aromatic nitrogens is 3. The maximum absolute atomic E-state index is 5.08. The number of rotatable bonds is 9. The van der Waals surface area contributed by atoms with E-state index >= 15 is 0 Å². The quantitative estimate of drug-likeness (QED) is 0.145. The molecule has 2 aromatic heterocycles. The average molecular weight is 806 g/mol. The molecule has 0 saturated carbocycles. The lowest BCUT2D eigenvalue weighted by Gasteiger charge is -2.18. The average Bonchev–Trinajstić information content (AvgIpc) is 3.69. The van der Waals surface area contributed by atoms with Gasteiger partial charge in [-0.15, -0.1) is 0 Å². The number of fused-ring (bicyclic) bond motifs is 3. The molecule has 63 heavy (non-hydrogen) atoms. The van der Waals surface area contributed by atoms with Crippen molar-refractivity contribution in [1.29, 1.82) is 0 Å². The lowest BCUT2D eigenvalue weighted by atomic mass is 9.87. The molecule has 0 radical (unpaired) electrons. The van der Waals surface area contributed by atoms with Crippen LogP contribution in [0.15, 0.2) is 231 Å². The van der Waals surface area contributed by atoms with Gasteiger partial charge in [-0.2, -0.15) is 0 Å². The molecule has 3 nitrogen and oxygen atoms in total. The molecule has 0 aliphatic rings. The van der Waals surface area contributed by atoms with Crippen molar-refractivity contribution in [2.45, 2.75) is 13.3 Å². The molecule has 0 unspecified atom stereocenters. The Hall–Kier alpha value is -8.14. The Morgan fingerprint density at radius 1 is 0.381 bits per heavy atom. The summed E-state index contributed by atoms with van der Waals surface area (Å²) in [6.07, 6.45) is 0.877. The predicted octanol–water partition coefficient (Wildman–Crippen LogP) is 15.5. The van der Waals surface area contributed by atoms with E-state index in [0.29, 0.717) is 5.82 Å². The highest BCUT2D eigenvalue weighted by molar-refractivity contribution is 6.10. The fourth-order valence-corrected chi connectivity index (χ4v) is 9.14. The zero-order valence-corrected chi connectivity index (χ0v) is 35.0. The summed E-state index contributed by atoms with van der Waals surface area (Å²) in [5, 5.41) is 2.46. The second kappa shape index (κ2) is 16.4. The van der Waals surface area contributed by atoms with E-state index in [1.165, 1.54) is 60.8 Å². The zero-order valence-electron chi connectivity index (χ0n) is 35.0. The van der Waals surface area contributed by atoms with E-state index in [9.17, 15) is 0 Å². The minimum absolute atomic E-state index is 0.713. The van der Waals surface area contributed by atoms with Crippen LogP contribution < -0.4 is 0 Å². The first-order valence-corrected chi connectivity index (χ1v) is 21.6. The fraction of sp³-hybridized carbons (Fsp3) is 0.0333. The summed E-state index contributed by atoms with van der Waals surface area (Å²) in [6, 6.07) is 82.5. The smallest absolute Gasteiger partial charge is 0.160 e. The van der Waals surface area contributed by atoms with Crippen LogP contribution in [0.1, 0.15) is 16.7 Å². The summed E-state index contributed by atoms with van der Waals surface area (Å²) in [7, 11) is 0. The molecule has 0 atom stereocenters. The summed E-state index contributed by atoms with van der Waals surface area (Å²) in [5.74, 6) is 0.713. The van der Waals surface area contributed by atoms with Crippen molar-refractivity contribution >= 4 is 21.8 Å². The van der Waals surface area contributed by atoms with Gasteiger partial charge in [0.25, 0.3) is 0 Å². The van der Waals surface area contributed by atoms with Crippen molar-refractivity contribution in [2.24, 2.45) is 0 Å². The molecule has 0 fully saturated rings. The molecule has 0 N–H and O–H groups in total. The Labute approximate surface area is 368 Å². The van der Waals surface area contributed by atoms with Crippen LogP contribution in [0.5, 0.6) is 0 Å². The fourth-order valence-electron chi connectivity index (χ4n) is 9.14. The Morgan fingerprint density at radius 2 is 0.952 bits per heavy atom. The molecular formula is C60H43N3. The largest absolute Gasteiger partial charge is 0.309 e. The van der Waals surface area contributed by atoms with Gasteiger partial charge in [0.2, 0.25) is 0 Å². The normalized spacial score (nSPS) is 11.3. The predicted molar refractivity (Wildman–Crippen MR) is 263 cm³/mol. The number of nitrogens with zero attached hydrogens (tertiary/aromatic N) is 3. The van der Waals surface area contributed by atoms with Crippen LogP contribution in [-0.4, -0.2) is 14.5 Å². The molecule has 11 aromatic rings. The van der Waals surface area contributed by atoms with Crippen LogP contribution in [0.3, 0.4) is 0 Å². The molecule has 0 saturated heterocycles. The number of benzene rings is 9. The molecule has 2 heterocycles. The third kappa shape index (κ3) is 7.30. The molecular weight excluding hydrogens is 763 g/mol. The SMILES string of the molecule is Cc1cccc(-c2cccc(-n3c4ccccc4c4ccc(-c5ccc(-c6cc(-c7ccccc7)nc(-c7ccccc7)n6)cc5)cc43)c2)c1-c1ccccc1Cc1ccccc1. The Morgan fingerprint density at radius 3 is 1.73 bits per heavy atom. The Bertz CT molecular complexity index is 3350. The highest BCUT2D eigenvalue weighted by Gasteiger charge is 2.18. The van der Waals surface area contributed by atoms with Gasteiger partial charge in [0.05, 0.1) is 22.4 Å². The van der Waals surface area contributed by atoms with E-state index in [2.05, 4.69) is 218 Å². The molecule has 0 bridgehead atoms. The molecule has 3 heteroatoms. The molecule has 0 amide bonds. The van der Waals surface area contributed by atoms with Gasteiger partial charge >= 0.3 is 0 Å². The molecule has 11 rings (SSSR count). The van der Waals surface area contributed by atoms with E-state index in [0.717, 1.165) is 51.3 Å². The number of aryl methyl sites for hydroxylation is 1. The van der Waals surface area contributed by atoms with Crippen molar-refractivity contribution in [3.05, 3.63) is 247 Å². The maximum atomic E-state index is 5.08. The number of hydrogen-bond acceptors (Lipinski definition) is 2. The van der Waals surface area contributed by atoms with Crippen LogP contribution in [0, 0.1) is 6.92 Å². The first kappa shape index (κ1) is 37.8. The standard InChI is InChI=1S/C60H43N3/c1-41-17-15-29-52(59(41)51-27-12-11-24-48(51)37-42-18-5-2-6-19-42)49-25-16-26-50(38-49)63-57-30-14-13-28-53(57)54-36-35-47(39-58(54)63)43-31-33-45(34-32-43)56-40-55(44-20-7-3-8-21-44)61-60(62-56)46-22-9-4-10-23-46/h2-36,38-40H,37H2,1H3. The highest BCUT2D eigenvalue weighted by atomic mass is 15.0. The van der Waals surface area contributed by atoms with E-state index in [1.54, 1.807) is 0 Å². The first-order valence-electron chi connectivity index (χ1n) is 21.6. The van der Waals surface area contributed by atoms with Gasteiger partial charge in [-0.1, -0.05) is 200 Å². The highest BCUT2D eigenvalue weighted by Crippen LogP contribution is 2.40. The van der Waals surface area contributed by atoms with Crippen LogP contribution >= 0.6 is 0 Å². The van der Waals surface area contributed by atoms with Gasteiger partial charge in [-0.25, -0.2) is 9.97 Å². The summed E-state index contributed by atoms with van der Waals surface area (Å²) in [5.41, 5.74) is 19.5. The van der Waals surface area contributed by atoms with Gasteiger partial charge in [0.1, 0.15) is 0 Å². The van der Waals surface area contributed by atoms with Crippen LogP contribution in [0.2, 0.25) is 0 Å². The van der Waals surface area contributed by atoms with E-state index < -0.39 is 0 Å². The molecule has 0 aliphatic carbocycles. The Kier molecular flexibility index (Phi) is 9.83. The molecule has 9 aromatic carbocycles. The van der Waals surface area contributed by atoms with Crippen molar-refractivity contribution in [3.63, 3.8) is 0 Å². The lowest BCUT2D eigenvalue weighted by molar-refractivity contribution is 1.18. The minimum Gasteiger partial charge on any atom is -0.309 e. The van der Waals surface area contributed by atoms with Gasteiger partial charge in [-0.3, -0.25) is 0 Å². The number of para-hydroxylation sites is 1. The molecule has 0 aliphatic heterocycles. The minimum atomic E-state index is 0.713. The summed E-state index contributed by atoms with van der Waals surface area (Å²) < 4.78 is 2.43. The van der Waals surface area contributed by atoms with E-state index in [-0.39, 0.29) is 0 Å². The second-order valence-corrected chi connectivity index (χ2v) is 16.2. The van der Waals surface area contributed by atoms with Crippen LogP contribution in [0.4, 0.5) is 0 Å². The van der Waals surface area contributed by atoms with Gasteiger partial charge in [0, 0.05) is 33.2 Å². The third-order valence-corrected chi connectivity index (χ3v) is 12.2.